The maximum atomic E-state index is 11.9. The zero-order valence-corrected chi connectivity index (χ0v) is 12.7. The van der Waals surface area contributed by atoms with Crippen molar-refractivity contribution in [3.8, 4) is 0 Å². The molecule has 19 heavy (non-hydrogen) atoms. The fourth-order valence-corrected chi connectivity index (χ4v) is 1.94. The van der Waals surface area contributed by atoms with Crippen LogP contribution in [0.4, 0.5) is 5.69 Å². The number of aryl methyl sites for hydroxylation is 1. The standard InChI is InChI=1S/C12H18BrN3O3/c1-3-7-16-12(18)11(13)9(8-15-16)14-6-5-10(17)19-4-2/h8,14H,3-7H2,1-2H3. The van der Waals surface area contributed by atoms with E-state index in [2.05, 4.69) is 26.3 Å². The van der Waals surface area contributed by atoms with E-state index in [1.54, 1.807) is 13.1 Å². The van der Waals surface area contributed by atoms with Gasteiger partial charge < -0.3 is 10.1 Å². The van der Waals surface area contributed by atoms with Crippen LogP contribution in [0, 0.1) is 0 Å². The van der Waals surface area contributed by atoms with Gasteiger partial charge in [-0.05, 0) is 29.3 Å². The van der Waals surface area contributed by atoms with Gasteiger partial charge in [0.15, 0.2) is 0 Å². The van der Waals surface area contributed by atoms with Gasteiger partial charge in [0, 0.05) is 13.1 Å². The van der Waals surface area contributed by atoms with Gasteiger partial charge in [0.25, 0.3) is 5.56 Å². The SMILES string of the molecule is CCCn1ncc(NCCC(=O)OCC)c(Br)c1=O. The fourth-order valence-electron chi connectivity index (χ4n) is 1.49. The molecule has 0 atom stereocenters. The highest BCUT2D eigenvalue weighted by Crippen LogP contribution is 2.15. The van der Waals surface area contributed by atoms with Gasteiger partial charge in [0.1, 0.15) is 4.47 Å². The van der Waals surface area contributed by atoms with Crippen LogP contribution in [-0.4, -0.2) is 28.9 Å². The van der Waals surface area contributed by atoms with Gasteiger partial charge in [-0.25, -0.2) is 4.68 Å². The Morgan fingerprint density at radius 3 is 2.89 bits per heavy atom. The minimum Gasteiger partial charge on any atom is -0.466 e. The van der Waals surface area contributed by atoms with Gasteiger partial charge >= 0.3 is 5.97 Å². The Balaban J connectivity index is 2.62. The summed E-state index contributed by atoms with van der Waals surface area (Å²) in [4.78, 5) is 23.1. The Bertz CT molecular complexity index is 488. The van der Waals surface area contributed by atoms with Crippen LogP contribution in [0.3, 0.4) is 0 Å². The Hall–Kier alpha value is -1.37. The van der Waals surface area contributed by atoms with Gasteiger partial charge in [0.05, 0.1) is 24.9 Å². The van der Waals surface area contributed by atoms with Crippen LogP contribution in [0.5, 0.6) is 0 Å². The smallest absolute Gasteiger partial charge is 0.307 e. The van der Waals surface area contributed by atoms with Gasteiger partial charge in [-0.2, -0.15) is 5.10 Å². The highest BCUT2D eigenvalue weighted by atomic mass is 79.9. The number of nitrogens with one attached hydrogen (secondary N) is 1. The minimum atomic E-state index is -0.265. The number of hydrogen-bond acceptors (Lipinski definition) is 5. The number of hydrogen-bond donors (Lipinski definition) is 1. The van der Waals surface area contributed by atoms with Crippen molar-refractivity contribution in [2.75, 3.05) is 18.5 Å². The maximum absolute atomic E-state index is 11.9. The zero-order valence-electron chi connectivity index (χ0n) is 11.1. The van der Waals surface area contributed by atoms with Crippen molar-refractivity contribution in [3.63, 3.8) is 0 Å². The van der Waals surface area contributed by atoms with Crippen molar-refractivity contribution >= 4 is 27.6 Å². The topological polar surface area (TPSA) is 73.2 Å². The summed E-state index contributed by atoms with van der Waals surface area (Å²) in [5.74, 6) is -0.265. The molecule has 7 heteroatoms. The molecular weight excluding hydrogens is 314 g/mol. The first kappa shape index (κ1) is 15.7. The van der Waals surface area contributed by atoms with E-state index in [1.807, 2.05) is 6.92 Å². The number of carbonyl (C=O) groups is 1. The van der Waals surface area contributed by atoms with Crippen LogP contribution < -0.4 is 10.9 Å². The highest BCUT2D eigenvalue weighted by molar-refractivity contribution is 9.10. The lowest BCUT2D eigenvalue weighted by atomic mass is 10.4. The largest absolute Gasteiger partial charge is 0.466 e. The summed E-state index contributed by atoms with van der Waals surface area (Å²) in [6, 6.07) is 0. The van der Waals surface area contributed by atoms with Crippen LogP contribution in [-0.2, 0) is 16.1 Å². The summed E-state index contributed by atoms with van der Waals surface area (Å²) in [6.45, 7) is 5.10. The Morgan fingerprint density at radius 1 is 1.53 bits per heavy atom. The number of esters is 1. The molecule has 0 amide bonds. The van der Waals surface area contributed by atoms with Gasteiger partial charge in [-0.3, -0.25) is 9.59 Å². The normalized spacial score (nSPS) is 10.3. The predicted octanol–water partition coefficient (Wildman–Crippen LogP) is 1.78. The summed E-state index contributed by atoms with van der Waals surface area (Å²) in [7, 11) is 0. The summed E-state index contributed by atoms with van der Waals surface area (Å²) in [5.41, 5.74) is 0.407. The summed E-state index contributed by atoms with van der Waals surface area (Å²) >= 11 is 3.25. The molecule has 0 unspecified atom stereocenters. The Morgan fingerprint density at radius 2 is 2.26 bits per heavy atom. The van der Waals surface area contributed by atoms with E-state index >= 15 is 0 Å². The summed E-state index contributed by atoms with van der Waals surface area (Å²) in [5, 5.41) is 7.05. The van der Waals surface area contributed by atoms with E-state index in [4.69, 9.17) is 4.74 Å². The number of aromatic nitrogens is 2. The molecular formula is C12H18BrN3O3. The van der Waals surface area contributed by atoms with Gasteiger partial charge in [-0.1, -0.05) is 6.92 Å². The molecule has 6 nitrogen and oxygen atoms in total. The van der Waals surface area contributed by atoms with Crippen molar-refractivity contribution in [3.05, 3.63) is 21.0 Å². The highest BCUT2D eigenvalue weighted by Gasteiger charge is 2.08. The lowest BCUT2D eigenvalue weighted by Gasteiger charge is -2.09. The predicted molar refractivity (Wildman–Crippen MR) is 76.2 cm³/mol. The average molecular weight is 332 g/mol. The molecule has 1 aromatic heterocycles. The molecule has 0 spiro atoms. The zero-order chi connectivity index (χ0) is 14.3. The number of ether oxygens (including phenoxy) is 1. The van der Waals surface area contributed by atoms with Crippen LogP contribution in [0.15, 0.2) is 15.5 Å². The third kappa shape index (κ3) is 4.66. The average Bonchev–Trinajstić information content (AvgIpc) is 2.38. The number of halogens is 1. The van der Waals surface area contributed by atoms with Crippen molar-refractivity contribution in [1.29, 1.82) is 0 Å². The number of carbonyl (C=O) groups excluding carboxylic acids is 1. The third-order valence-electron chi connectivity index (χ3n) is 2.37. The molecule has 0 fully saturated rings. The second-order valence-electron chi connectivity index (χ2n) is 3.88. The Kier molecular flexibility index (Phi) is 6.55. The molecule has 0 aromatic carbocycles. The molecule has 0 aliphatic carbocycles. The lowest BCUT2D eigenvalue weighted by Crippen LogP contribution is -2.24. The summed E-state index contributed by atoms with van der Waals surface area (Å²) < 4.78 is 6.65. The van der Waals surface area contributed by atoms with Crippen molar-refractivity contribution < 1.29 is 9.53 Å². The molecule has 0 bridgehead atoms. The molecule has 0 saturated heterocycles. The minimum absolute atomic E-state index is 0.178. The molecule has 0 radical (unpaired) electrons. The molecule has 1 rings (SSSR count). The second-order valence-corrected chi connectivity index (χ2v) is 4.68. The molecule has 1 heterocycles. The molecule has 1 aromatic rings. The number of rotatable bonds is 7. The van der Waals surface area contributed by atoms with Crippen LogP contribution >= 0.6 is 15.9 Å². The Labute approximate surface area is 120 Å². The van der Waals surface area contributed by atoms with E-state index in [9.17, 15) is 9.59 Å². The first-order valence-electron chi connectivity index (χ1n) is 6.25. The van der Waals surface area contributed by atoms with Gasteiger partial charge in [0.2, 0.25) is 0 Å². The van der Waals surface area contributed by atoms with Crippen molar-refractivity contribution in [2.45, 2.75) is 33.2 Å². The molecule has 0 aliphatic rings. The third-order valence-corrected chi connectivity index (χ3v) is 3.14. The van der Waals surface area contributed by atoms with E-state index < -0.39 is 0 Å². The van der Waals surface area contributed by atoms with Crippen LogP contribution in [0.1, 0.15) is 26.7 Å². The van der Waals surface area contributed by atoms with Gasteiger partial charge in [-0.15, -0.1) is 0 Å². The van der Waals surface area contributed by atoms with Crippen molar-refractivity contribution in [2.24, 2.45) is 0 Å². The van der Waals surface area contributed by atoms with E-state index in [-0.39, 0.29) is 17.9 Å². The molecule has 106 valence electrons. The first-order chi connectivity index (χ1) is 9.10. The van der Waals surface area contributed by atoms with Crippen LogP contribution in [0.2, 0.25) is 0 Å². The van der Waals surface area contributed by atoms with Crippen LogP contribution in [0.25, 0.3) is 0 Å². The lowest BCUT2D eigenvalue weighted by molar-refractivity contribution is -0.142. The fraction of sp³-hybridized carbons (Fsp3) is 0.583. The number of anilines is 1. The van der Waals surface area contributed by atoms with E-state index in [1.165, 1.54) is 4.68 Å². The number of nitrogens with zero attached hydrogens (tertiary/aromatic N) is 2. The van der Waals surface area contributed by atoms with E-state index in [0.29, 0.717) is 29.9 Å². The maximum Gasteiger partial charge on any atom is 0.307 e. The quantitative estimate of drug-likeness (QED) is 0.771. The summed E-state index contributed by atoms with van der Waals surface area (Å²) in [6.07, 6.45) is 2.67. The second kappa shape index (κ2) is 7.93. The monoisotopic (exact) mass is 331 g/mol. The molecule has 1 N–H and O–H groups in total. The van der Waals surface area contributed by atoms with Crippen molar-refractivity contribution in [1.82, 2.24) is 9.78 Å². The molecule has 0 saturated carbocycles. The van der Waals surface area contributed by atoms with E-state index in [0.717, 1.165) is 6.42 Å². The first-order valence-corrected chi connectivity index (χ1v) is 7.04. The molecule has 0 aliphatic heterocycles.